The summed E-state index contributed by atoms with van der Waals surface area (Å²) >= 11 is 0. The summed E-state index contributed by atoms with van der Waals surface area (Å²) in [4.78, 5) is 0. The van der Waals surface area contributed by atoms with Crippen LogP contribution in [-0.2, 0) is 26.2 Å². The average Bonchev–Trinajstić information content (AvgIpc) is 2.58. The Bertz CT molecular complexity index is 315. The Balaban J connectivity index is 0.000000980. The molecule has 0 aromatic heterocycles. The normalized spacial score (nSPS) is 17.6. The van der Waals surface area contributed by atoms with Gasteiger partial charge in [0, 0.05) is 26.2 Å². The maximum absolute atomic E-state index is 3.43. The van der Waals surface area contributed by atoms with Gasteiger partial charge >= 0.3 is 0 Å². The molecule has 0 spiro atoms. The van der Waals surface area contributed by atoms with Crippen molar-refractivity contribution in [2.75, 3.05) is 0 Å². The van der Waals surface area contributed by atoms with Crippen LogP contribution in [0.15, 0.2) is 24.3 Å². The zero-order valence-corrected chi connectivity index (χ0v) is 11.0. The summed E-state index contributed by atoms with van der Waals surface area (Å²) in [5, 5.41) is 0. The van der Waals surface area contributed by atoms with E-state index in [0.29, 0.717) is 5.92 Å². The van der Waals surface area contributed by atoms with Crippen LogP contribution in [0.25, 0.3) is 6.08 Å². The molecule has 14 heavy (non-hydrogen) atoms. The van der Waals surface area contributed by atoms with Crippen molar-refractivity contribution in [2.24, 2.45) is 0 Å². The van der Waals surface area contributed by atoms with Crippen molar-refractivity contribution in [2.45, 2.75) is 32.1 Å². The topological polar surface area (TPSA) is 0 Å². The Morgan fingerprint density at radius 1 is 1.29 bits per heavy atom. The molecule has 1 aliphatic rings. The van der Waals surface area contributed by atoms with E-state index in [9.17, 15) is 0 Å². The van der Waals surface area contributed by atoms with Gasteiger partial charge < -0.3 is 0 Å². The van der Waals surface area contributed by atoms with Gasteiger partial charge in [0.2, 0.25) is 0 Å². The largest absolute Gasteiger partial charge is 0.268 e. The van der Waals surface area contributed by atoms with Gasteiger partial charge in [-0.3, -0.25) is 6.08 Å². The quantitative estimate of drug-likeness (QED) is 0.727. The molecule has 1 unspecified atom stereocenters. The number of hydrogen-bond acceptors (Lipinski definition) is 0. The summed E-state index contributed by atoms with van der Waals surface area (Å²) in [6, 6.07) is 8.62. The van der Waals surface area contributed by atoms with Crippen molar-refractivity contribution in [3.05, 3.63) is 41.5 Å². The van der Waals surface area contributed by atoms with Gasteiger partial charge in [0.1, 0.15) is 0 Å². The average molecular weight is 262 g/mol. The molecule has 72 valence electrons. The van der Waals surface area contributed by atoms with E-state index in [-0.39, 0.29) is 26.2 Å². The summed E-state index contributed by atoms with van der Waals surface area (Å²) in [6.07, 6.45) is 9.40. The van der Waals surface area contributed by atoms with Crippen LogP contribution in [0, 0.1) is 6.08 Å². The van der Waals surface area contributed by atoms with E-state index < -0.39 is 0 Å². The third kappa shape index (κ3) is 2.45. The van der Waals surface area contributed by atoms with Crippen LogP contribution in [0.5, 0.6) is 0 Å². The van der Waals surface area contributed by atoms with Crippen LogP contribution in [-0.4, -0.2) is 0 Å². The second kappa shape index (κ2) is 5.66. The molecule has 0 fully saturated rings. The molecular formula is C13H15Zr-. The van der Waals surface area contributed by atoms with Crippen LogP contribution >= 0.6 is 0 Å². The molecule has 0 N–H and O–H groups in total. The minimum atomic E-state index is 0. The van der Waals surface area contributed by atoms with E-state index in [1.165, 1.54) is 30.4 Å². The second-order valence-corrected chi connectivity index (χ2v) is 3.63. The summed E-state index contributed by atoms with van der Waals surface area (Å²) < 4.78 is 0. The summed E-state index contributed by atoms with van der Waals surface area (Å²) in [7, 11) is 0. The first-order valence-electron chi connectivity index (χ1n) is 5.10. The predicted molar refractivity (Wildman–Crippen MR) is 56.4 cm³/mol. The minimum absolute atomic E-state index is 0. The second-order valence-electron chi connectivity index (χ2n) is 3.63. The van der Waals surface area contributed by atoms with Gasteiger partial charge in [-0.05, 0) is 0 Å². The monoisotopic (exact) mass is 261 g/mol. The third-order valence-electron chi connectivity index (χ3n) is 2.66. The summed E-state index contributed by atoms with van der Waals surface area (Å²) in [5.41, 5.74) is 2.83. The first-order chi connectivity index (χ1) is 6.42. The number of hydrogen-bond donors (Lipinski definition) is 0. The Morgan fingerprint density at radius 2 is 2.07 bits per heavy atom. The number of rotatable bonds is 3. The first kappa shape index (κ1) is 11.9. The fraction of sp³-hybridized carbons (Fsp3) is 0.385. The van der Waals surface area contributed by atoms with Crippen LogP contribution in [0.1, 0.15) is 43.2 Å². The Morgan fingerprint density at radius 3 is 2.86 bits per heavy atom. The smallest absolute Gasteiger partial charge is 0 e. The molecular weight excluding hydrogens is 247 g/mol. The molecule has 0 heterocycles. The van der Waals surface area contributed by atoms with E-state index in [1.807, 2.05) is 0 Å². The zero-order valence-electron chi connectivity index (χ0n) is 8.59. The summed E-state index contributed by atoms with van der Waals surface area (Å²) in [6.45, 7) is 2.24. The molecule has 0 nitrogen and oxygen atoms in total. The number of allylic oxidation sites excluding steroid dienone is 1. The minimum Gasteiger partial charge on any atom is -0.268 e. The fourth-order valence-corrected chi connectivity index (χ4v) is 1.89. The summed E-state index contributed by atoms with van der Waals surface area (Å²) in [5.74, 6) is 0.566. The maximum atomic E-state index is 3.43. The van der Waals surface area contributed by atoms with Gasteiger partial charge in [-0.2, -0.15) is 5.56 Å². The van der Waals surface area contributed by atoms with E-state index in [2.05, 4.69) is 43.3 Å². The maximum Gasteiger partial charge on any atom is 0 e. The van der Waals surface area contributed by atoms with Gasteiger partial charge in [0.05, 0.1) is 0 Å². The van der Waals surface area contributed by atoms with E-state index >= 15 is 0 Å². The van der Waals surface area contributed by atoms with Gasteiger partial charge in [0.15, 0.2) is 0 Å². The van der Waals surface area contributed by atoms with Gasteiger partial charge in [0.25, 0.3) is 0 Å². The first-order valence-corrected chi connectivity index (χ1v) is 5.10. The molecule has 1 aliphatic carbocycles. The number of fused-ring (bicyclic) bond motifs is 1. The fourth-order valence-electron chi connectivity index (χ4n) is 1.89. The third-order valence-corrected chi connectivity index (χ3v) is 2.66. The molecule has 0 aliphatic heterocycles. The predicted octanol–water partition coefficient (Wildman–Crippen LogP) is 3.79. The molecule has 0 saturated carbocycles. The van der Waals surface area contributed by atoms with Crippen molar-refractivity contribution in [1.82, 2.24) is 0 Å². The molecule has 2 rings (SSSR count). The van der Waals surface area contributed by atoms with Gasteiger partial charge in [-0.1, -0.05) is 50.3 Å². The van der Waals surface area contributed by atoms with E-state index in [0.717, 1.165) is 0 Å². The van der Waals surface area contributed by atoms with Crippen molar-refractivity contribution in [3.63, 3.8) is 0 Å². The molecule has 1 aromatic carbocycles. The van der Waals surface area contributed by atoms with Crippen LogP contribution in [0.4, 0.5) is 0 Å². The van der Waals surface area contributed by atoms with Crippen LogP contribution < -0.4 is 0 Å². The SMILES string of the molecule is CCCCC1[C-]=Cc2ccccc21.[Zr]. The van der Waals surface area contributed by atoms with Crippen molar-refractivity contribution in [1.29, 1.82) is 0 Å². The number of unbranched alkanes of at least 4 members (excludes halogenated alkanes) is 1. The Labute approximate surface area is 106 Å². The van der Waals surface area contributed by atoms with Crippen LogP contribution in [0.3, 0.4) is 0 Å². The Hall–Kier alpha value is -0.157. The van der Waals surface area contributed by atoms with Gasteiger partial charge in [-0.25, -0.2) is 6.08 Å². The molecule has 1 aromatic rings. The Kier molecular flexibility index (Phi) is 4.82. The van der Waals surface area contributed by atoms with Crippen molar-refractivity contribution in [3.8, 4) is 0 Å². The van der Waals surface area contributed by atoms with Crippen LogP contribution in [0.2, 0.25) is 0 Å². The molecule has 0 saturated heterocycles. The molecule has 1 atom stereocenters. The standard InChI is InChI=1S/C13H15.Zr/c1-2-3-6-11-9-10-12-7-4-5-8-13(11)12;/h4-5,7-8,10-11H,2-3,6H2,1H3;/q-1;. The van der Waals surface area contributed by atoms with E-state index in [4.69, 9.17) is 0 Å². The van der Waals surface area contributed by atoms with Gasteiger partial charge in [-0.15, -0.1) is 11.6 Å². The molecule has 0 bridgehead atoms. The molecule has 0 radical (unpaired) electrons. The van der Waals surface area contributed by atoms with Crippen molar-refractivity contribution < 1.29 is 26.2 Å². The zero-order chi connectivity index (χ0) is 9.10. The van der Waals surface area contributed by atoms with Crippen molar-refractivity contribution >= 4 is 6.08 Å². The van der Waals surface area contributed by atoms with E-state index in [1.54, 1.807) is 0 Å². The number of benzene rings is 1. The molecule has 1 heteroatoms. The molecule has 0 amide bonds.